The summed E-state index contributed by atoms with van der Waals surface area (Å²) in [4.78, 5) is 18.6. The van der Waals surface area contributed by atoms with E-state index in [2.05, 4.69) is 10.1 Å². The summed E-state index contributed by atoms with van der Waals surface area (Å²) in [6.07, 6.45) is 3.61. The standard InChI is InChI=1S/C16H19N5O/c1-12-8-17-21(9-12)11-16(22)19(2)10-15-18-13-6-4-5-7-14(13)20(15)3/h4-9H,10-11H2,1-3H3. The second-order valence-corrected chi connectivity index (χ2v) is 5.54. The van der Waals surface area contributed by atoms with Gasteiger partial charge in [0.15, 0.2) is 0 Å². The van der Waals surface area contributed by atoms with E-state index < -0.39 is 0 Å². The molecule has 0 atom stereocenters. The lowest BCUT2D eigenvalue weighted by Crippen LogP contribution is -2.30. The number of para-hydroxylation sites is 2. The van der Waals surface area contributed by atoms with Crippen molar-refractivity contribution in [2.24, 2.45) is 7.05 Å². The quantitative estimate of drug-likeness (QED) is 0.737. The van der Waals surface area contributed by atoms with Crippen molar-refractivity contribution >= 4 is 16.9 Å². The van der Waals surface area contributed by atoms with Gasteiger partial charge in [-0.2, -0.15) is 5.10 Å². The molecule has 22 heavy (non-hydrogen) atoms. The molecule has 3 rings (SSSR count). The topological polar surface area (TPSA) is 56.0 Å². The van der Waals surface area contributed by atoms with Crippen molar-refractivity contribution in [3.8, 4) is 0 Å². The lowest BCUT2D eigenvalue weighted by atomic mass is 10.3. The van der Waals surface area contributed by atoms with Crippen LogP contribution in [-0.4, -0.2) is 37.2 Å². The van der Waals surface area contributed by atoms with E-state index in [0.29, 0.717) is 6.54 Å². The molecule has 3 aromatic rings. The molecule has 0 bridgehead atoms. The van der Waals surface area contributed by atoms with Crippen molar-refractivity contribution in [2.45, 2.75) is 20.0 Å². The molecular formula is C16H19N5O. The van der Waals surface area contributed by atoms with Crippen molar-refractivity contribution in [1.29, 1.82) is 0 Å². The van der Waals surface area contributed by atoms with Crippen LogP contribution in [0.15, 0.2) is 36.7 Å². The summed E-state index contributed by atoms with van der Waals surface area (Å²) in [6, 6.07) is 7.96. The third-order valence-corrected chi connectivity index (χ3v) is 3.74. The molecule has 0 aliphatic carbocycles. The highest BCUT2D eigenvalue weighted by Crippen LogP contribution is 2.15. The molecule has 2 heterocycles. The average Bonchev–Trinajstić information content (AvgIpc) is 3.04. The molecule has 6 nitrogen and oxygen atoms in total. The number of likely N-dealkylation sites (N-methyl/N-ethyl adjacent to an activating group) is 1. The van der Waals surface area contributed by atoms with Gasteiger partial charge in [0.2, 0.25) is 5.91 Å². The lowest BCUT2D eigenvalue weighted by molar-refractivity contribution is -0.131. The maximum absolute atomic E-state index is 12.3. The van der Waals surface area contributed by atoms with Crippen LogP contribution in [0.4, 0.5) is 0 Å². The molecule has 1 amide bonds. The summed E-state index contributed by atoms with van der Waals surface area (Å²) < 4.78 is 3.68. The van der Waals surface area contributed by atoms with E-state index in [1.807, 2.05) is 49.0 Å². The third kappa shape index (κ3) is 2.72. The van der Waals surface area contributed by atoms with Crippen LogP contribution in [0.5, 0.6) is 0 Å². The number of hydrogen-bond acceptors (Lipinski definition) is 3. The molecule has 114 valence electrons. The number of imidazole rings is 1. The van der Waals surface area contributed by atoms with Crippen LogP contribution in [0, 0.1) is 6.92 Å². The Morgan fingerprint density at radius 3 is 2.77 bits per heavy atom. The zero-order valence-electron chi connectivity index (χ0n) is 13.0. The van der Waals surface area contributed by atoms with Gasteiger partial charge in [0.25, 0.3) is 0 Å². The Labute approximate surface area is 129 Å². The summed E-state index contributed by atoms with van der Waals surface area (Å²) in [6.45, 7) is 2.68. The van der Waals surface area contributed by atoms with Crippen LogP contribution in [0.2, 0.25) is 0 Å². The first-order valence-electron chi connectivity index (χ1n) is 7.18. The fraction of sp³-hybridized carbons (Fsp3) is 0.312. The molecule has 0 unspecified atom stereocenters. The summed E-state index contributed by atoms with van der Waals surface area (Å²) in [7, 11) is 3.76. The molecule has 0 radical (unpaired) electrons. The van der Waals surface area contributed by atoms with E-state index in [-0.39, 0.29) is 12.5 Å². The number of aromatic nitrogens is 4. The van der Waals surface area contributed by atoms with E-state index in [4.69, 9.17) is 0 Å². The second kappa shape index (κ2) is 5.63. The van der Waals surface area contributed by atoms with E-state index in [1.54, 1.807) is 22.8 Å². The predicted molar refractivity (Wildman–Crippen MR) is 84.2 cm³/mol. The van der Waals surface area contributed by atoms with Crippen molar-refractivity contribution in [3.05, 3.63) is 48.0 Å². The summed E-state index contributed by atoms with van der Waals surface area (Å²) in [5.41, 5.74) is 3.07. The van der Waals surface area contributed by atoms with Crippen LogP contribution in [0.1, 0.15) is 11.4 Å². The van der Waals surface area contributed by atoms with Crippen molar-refractivity contribution < 1.29 is 4.79 Å². The Kier molecular flexibility index (Phi) is 3.66. The highest BCUT2D eigenvalue weighted by atomic mass is 16.2. The molecule has 6 heteroatoms. The maximum atomic E-state index is 12.3. The first-order chi connectivity index (χ1) is 10.5. The highest BCUT2D eigenvalue weighted by Gasteiger charge is 2.14. The SMILES string of the molecule is Cc1cnn(CC(=O)N(C)Cc2nc3ccccc3n2C)c1. The molecule has 0 spiro atoms. The first-order valence-corrected chi connectivity index (χ1v) is 7.18. The predicted octanol–water partition coefficient (Wildman–Crippen LogP) is 1.74. The van der Waals surface area contributed by atoms with Crippen LogP contribution < -0.4 is 0 Å². The van der Waals surface area contributed by atoms with Gasteiger partial charge in [0.05, 0.1) is 23.8 Å². The fourth-order valence-electron chi connectivity index (χ4n) is 2.45. The summed E-state index contributed by atoms with van der Waals surface area (Å²) in [5, 5.41) is 4.15. The Hall–Kier alpha value is -2.63. The Balaban J connectivity index is 1.73. The molecule has 0 saturated heterocycles. The second-order valence-electron chi connectivity index (χ2n) is 5.54. The zero-order valence-corrected chi connectivity index (χ0v) is 13.0. The van der Waals surface area contributed by atoms with Gasteiger partial charge in [0, 0.05) is 20.3 Å². The third-order valence-electron chi connectivity index (χ3n) is 3.74. The van der Waals surface area contributed by atoms with Gasteiger partial charge < -0.3 is 9.47 Å². The number of nitrogens with zero attached hydrogens (tertiary/aromatic N) is 5. The molecule has 0 fully saturated rings. The van der Waals surface area contributed by atoms with Gasteiger partial charge in [-0.3, -0.25) is 9.48 Å². The minimum atomic E-state index is 0.00940. The summed E-state index contributed by atoms with van der Waals surface area (Å²) >= 11 is 0. The average molecular weight is 297 g/mol. The number of carbonyl (C=O) groups is 1. The van der Waals surface area contributed by atoms with Crippen LogP contribution in [0.3, 0.4) is 0 Å². The molecule has 0 aliphatic rings. The Morgan fingerprint density at radius 2 is 2.09 bits per heavy atom. The number of aryl methyl sites for hydroxylation is 2. The van der Waals surface area contributed by atoms with Crippen LogP contribution in [-0.2, 0) is 24.9 Å². The lowest BCUT2D eigenvalue weighted by Gasteiger charge is -2.16. The van der Waals surface area contributed by atoms with Gasteiger partial charge >= 0.3 is 0 Å². The first kappa shape index (κ1) is 14.3. The van der Waals surface area contributed by atoms with Gasteiger partial charge in [-0.05, 0) is 24.6 Å². The van der Waals surface area contributed by atoms with Gasteiger partial charge in [-0.25, -0.2) is 4.98 Å². The number of rotatable bonds is 4. The van der Waals surface area contributed by atoms with Crippen molar-refractivity contribution in [1.82, 2.24) is 24.2 Å². The Morgan fingerprint density at radius 1 is 1.32 bits per heavy atom. The Bertz CT molecular complexity index is 817. The minimum absolute atomic E-state index is 0.00940. The molecule has 0 saturated carbocycles. The van der Waals surface area contributed by atoms with Gasteiger partial charge in [-0.1, -0.05) is 12.1 Å². The van der Waals surface area contributed by atoms with Crippen molar-refractivity contribution in [3.63, 3.8) is 0 Å². The largest absolute Gasteiger partial charge is 0.337 e. The number of hydrogen-bond donors (Lipinski definition) is 0. The molecule has 0 N–H and O–H groups in total. The van der Waals surface area contributed by atoms with E-state index in [9.17, 15) is 4.79 Å². The van der Waals surface area contributed by atoms with Crippen LogP contribution >= 0.6 is 0 Å². The number of benzene rings is 1. The monoisotopic (exact) mass is 297 g/mol. The van der Waals surface area contributed by atoms with Gasteiger partial charge in [-0.15, -0.1) is 0 Å². The summed E-state index contributed by atoms with van der Waals surface area (Å²) in [5.74, 6) is 0.879. The number of carbonyl (C=O) groups excluding carboxylic acids is 1. The maximum Gasteiger partial charge on any atom is 0.244 e. The fourth-order valence-corrected chi connectivity index (χ4v) is 2.45. The van der Waals surface area contributed by atoms with Crippen molar-refractivity contribution in [2.75, 3.05) is 7.05 Å². The van der Waals surface area contributed by atoms with E-state index in [0.717, 1.165) is 22.4 Å². The van der Waals surface area contributed by atoms with Crippen LogP contribution in [0.25, 0.3) is 11.0 Å². The van der Waals surface area contributed by atoms with Gasteiger partial charge in [0.1, 0.15) is 12.4 Å². The highest BCUT2D eigenvalue weighted by molar-refractivity contribution is 5.77. The number of amides is 1. The molecule has 2 aromatic heterocycles. The molecular weight excluding hydrogens is 278 g/mol. The van der Waals surface area contributed by atoms with E-state index in [1.165, 1.54) is 0 Å². The minimum Gasteiger partial charge on any atom is -0.337 e. The normalized spacial score (nSPS) is 11.0. The van der Waals surface area contributed by atoms with E-state index >= 15 is 0 Å². The zero-order chi connectivity index (χ0) is 15.7. The molecule has 1 aromatic carbocycles. The number of fused-ring (bicyclic) bond motifs is 1. The smallest absolute Gasteiger partial charge is 0.244 e. The molecule has 0 aliphatic heterocycles.